The molecular formula is C14H21N3O2S. The van der Waals surface area contributed by atoms with Crippen LogP contribution in [0.2, 0.25) is 0 Å². The number of hydrogen-bond donors (Lipinski definition) is 1. The van der Waals surface area contributed by atoms with E-state index in [0.717, 1.165) is 17.0 Å². The monoisotopic (exact) mass is 295 g/mol. The highest BCUT2D eigenvalue weighted by Crippen LogP contribution is 2.15. The quantitative estimate of drug-likeness (QED) is 0.909. The Morgan fingerprint density at radius 2 is 2.05 bits per heavy atom. The van der Waals surface area contributed by atoms with Crippen molar-refractivity contribution in [1.29, 1.82) is 0 Å². The minimum atomic E-state index is -3.08. The summed E-state index contributed by atoms with van der Waals surface area (Å²) in [6.07, 6.45) is 3.24. The maximum atomic E-state index is 11.7. The summed E-state index contributed by atoms with van der Waals surface area (Å²) in [5, 5.41) is 3.23. The average molecular weight is 295 g/mol. The van der Waals surface area contributed by atoms with Gasteiger partial charge < -0.3 is 9.72 Å². The summed E-state index contributed by atoms with van der Waals surface area (Å²) in [6.45, 7) is 6.43. The van der Waals surface area contributed by atoms with E-state index in [0.29, 0.717) is 13.1 Å². The molecule has 0 aliphatic carbocycles. The highest BCUT2D eigenvalue weighted by molar-refractivity contribution is 7.92. The second-order valence-electron chi connectivity index (χ2n) is 5.71. The van der Waals surface area contributed by atoms with Crippen LogP contribution in [0.4, 0.5) is 0 Å². The molecule has 1 N–H and O–H groups in total. The molecule has 0 unspecified atom stereocenters. The zero-order valence-electron chi connectivity index (χ0n) is 12.3. The molecule has 0 saturated carbocycles. The Hall–Kier alpha value is -1.40. The predicted molar refractivity (Wildman–Crippen MR) is 80.6 cm³/mol. The van der Waals surface area contributed by atoms with E-state index in [-0.39, 0.29) is 0 Å². The molecule has 2 aromatic heterocycles. The Balaban J connectivity index is 2.13. The third-order valence-corrected chi connectivity index (χ3v) is 5.83. The fourth-order valence-corrected chi connectivity index (χ4v) is 2.35. The number of sulfone groups is 1. The van der Waals surface area contributed by atoms with Gasteiger partial charge in [-0.25, -0.2) is 13.4 Å². The van der Waals surface area contributed by atoms with Crippen molar-refractivity contribution in [2.24, 2.45) is 0 Å². The lowest BCUT2D eigenvalue weighted by atomic mass is 10.2. The third kappa shape index (κ3) is 2.86. The van der Waals surface area contributed by atoms with Gasteiger partial charge in [0.05, 0.1) is 16.1 Å². The summed E-state index contributed by atoms with van der Waals surface area (Å²) in [5.74, 6) is 0. The van der Waals surface area contributed by atoms with Crippen LogP contribution in [0.1, 0.15) is 25.2 Å². The fraction of sp³-hybridized carbons (Fsp3) is 0.500. The van der Waals surface area contributed by atoms with Gasteiger partial charge in [-0.1, -0.05) is 6.07 Å². The van der Waals surface area contributed by atoms with Gasteiger partial charge in [-0.2, -0.15) is 0 Å². The number of fused-ring (bicyclic) bond motifs is 1. The highest BCUT2D eigenvalue weighted by atomic mass is 32.2. The van der Waals surface area contributed by atoms with Crippen LogP contribution in [0.5, 0.6) is 0 Å². The van der Waals surface area contributed by atoms with E-state index in [1.165, 1.54) is 6.26 Å². The molecule has 2 aromatic rings. The van der Waals surface area contributed by atoms with E-state index in [9.17, 15) is 8.42 Å². The molecule has 110 valence electrons. The van der Waals surface area contributed by atoms with Crippen molar-refractivity contribution in [3.8, 4) is 0 Å². The Morgan fingerprint density at radius 3 is 2.70 bits per heavy atom. The predicted octanol–water partition coefficient (Wildman–Crippen LogP) is 1.56. The molecule has 2 heterocycles. The number of hydrogen-bond acceptors (Lipinski definition) is 4. The maximum absolute atomic E-state index is 11.7. The van der Waals surface area contributed by atoms with Crippen molar-refractivity contribution >= 4 is 15.5 Å². The zero-order valence-corrected chi connectivity index (χ0v) is 13.2. The Morgan fingerprint density at radius 1 is 1.35 bits per heavy atom. The number of pyridine rings is 1. The molecule has 0 spiro atoms. The van der Waals surface area contributed by atoms with E-state index >= 15 is 0 Å². The van der Waals surface area contributed by atoms with Gasteiger partial charge in [-0.3, -0.25) is 0 Å². The topological polar surface area (TPSA) is 63.5 Å². The van der Waals surface area contributed by atoms with Crippen LogP contribution in [0.15, 0.2) is 24.4 Å². The van der Waals surface area contributed by atoms with Crippen molar-refractivity contribution in [3.05, 3.63) is 35.8 Å². The Kier molecular flexibility index (Phi) is 3.88. The van der Waals surface area contributed by atoms with Crippen molar-refractivity contribution in [3.63, 3.8) is 0 Å². The zero-order chi connectivity index (χ0) is 15.0. The Bertz CT molecular complexity index is 717. The first-order valence-electron chi connectivity index (χ1n) is 6.55. The van der Waals surface area contributed by atoms with E-state index < -0.39 is 14.6 Å². The van der Waals surface area contributed by atoms with Gasteiger partial charge in [0.1, 0.15) is 5.65 Å². The molecule has 0 atom stereocenters. The van der Waals surface area contributed by atoms with Gasteiger partial charge in [0.15, 0.2) is 9.84 Å². The van der Waals surface area contributed by atoms with Crippen molar-refractivity contribution in [2.45, 2.75) is 32.1 Å². The molecule has 0 bridgehead atoms. The van der Waals surface area contributed by atoms with E-state index in [1.54, 1.807) is 13.8 Å². The molecule has 2 rings (SSSR count). The molecule has 6 heteroatoms. The summed E-state index contributed by atoms with van der Waals surface area (Å²) >= 11 is 0. The minimum Gasteiger partial charge on any atom is -0.310 e. The van der Waals surface area contributed by atoms with Crippen molar-refractivity contribution in [1.82, 2.24) is 14.7 Å². The molecule has 20 heavy (non-hydrogen) atoms. The summed E-state index contributed by atoms with van der Waals surface area (Å²) in [6, 6.07) is 5.86. The number of aryl methyl sites for hydroxylation is 1. The van der Waals surface area contributed by atoms with Crippen molar-refractivity contribution in [2.75, 3.05) is 12.8 Å². The molecule has 5 nitrogen and oxygen atoms in total. The molecule has 0 aliphatic heterocycles. The first-order valence-corrected chi connectivity index (χ1v) is 8.44. The van der Waals surface area contributed by atoms with Gasteiger partial charge in [0.25, 0.3) is 0 Å². The van der Waals surface area contributed by atoms with Crippen LogP contribution in [0.25, 0.3) is 5.65 Å². The lowest BCUT2D eigenvalue weighted by molar-refractivity contribution is 0.518. The number of rotatable bonds is 5. The molecule has 0 aliphatic rings. The number of imidazole rings is 1. The Labute approximate surface area is 119 Å². The van der Waals surface area contributed by atoms with Crippen LogP contribution >= 0.6 is 0 Å². The largest absolute Gasteiger partial charge is 0.310 e. The maximum Gasteiger partial charge on any atom is 0.153 e. The summed E-state index contributed by atoms with van der Waals surface area (Å²) in [5.41, 5.74) is 2.93. The van der Waals surface area contributed by atoms with Gasteiger partial charge >= 0.3 is 0 Å². The van der Waals surface area contributed by atoms with Gasteiger partial charge in [-0.05, 0) is 32.9 Å². The van der Waals surface area contributed by atoms with Crippen LogP contribution in [-0.4, -0.2) is 35.4 Å². The lowest BCUT2D eigenvalue weighted by Gasteiger charge is -2.22. The molecule has 0 fully saturated rings. The summed E-state index contributed by atoms with van der Waals surface area (Å²) in [7, 11) is -3.08. The lowest BCUT2D eigenvalue weighted by Crippen LogP contribution is -2.41. The van der Waals surface area contributed by atoms with Crippen LogP contribution in [0.3, 0.4) is 0 Å². The molecule has 0 radical (unpaired) electrons. The van der Waals surface area contributed by atoms with Crippen LogP contribution in [-0.2, 0) is 16.4 Å². The number of nitrogens with one attached hydrogen (secondary N) is 1. The van der Waals surface area contributed by atoms with Crippen LogP contribution in [0, 0.1) is 6.92 Å². The summed E-state index contributed by atoms with van der Waals surface area (Å²) < 4.78 is 24.6. The smallest absolute Gasteiger partial charge is 0.153 e. The first-order chi connectivity index (χ1) is 9.22. The highest BCUT2D eigenvalue weighted by Gasteiger charge is 2.29. The molecular weight excluding hydrogens is 274 g/mol. The van der Waals surface area contributed by atoms with E-state index in [1.807, 2.05) is 35.7 Å². The second kappa shape index (κ2) is 5.18. The first kappa shape index (κ1) is 15.0. The van der Waals surface area contributed by atoms with Gasteiger partial charge in [0, 0.05) is 25.5 Å². The molecule has 0 saturated heterocycles. The standard InChI is InChI=1S/C14H21N3O2S/c1-11-12(17-8-6-5-7-13(17)16-11)9-15-10-14(2,3)20(4,18)19/h5-8,15H,9-10H2,1-4H3. The van der Waals surface area contributed by atoms with E-state index in [4.69, 9.17) is 0 Å². The van der Waals surface area contributed by atoms with Gasteiger partial charge in [0.2, 0.25) is 0 Å². The number of nitrogens with zero attached hydrogens (tertiary/aromatic N) is 2. The van der Waals surface area contributed by atoms with Crippen LogP contribution < -0.4 is 5.32 Å². The van der Waals surface area contributed by atoms with Crippen molar-refractivity contribution < 1.29 is 8.42 Å². The van der Waals surface area contributed by atoms with E-state index in [2.05, 4.69) is 10.3 Å². The fourth-order valence-electron chi connectivity index (χ4n) is 1.99. The third-order valence-electron chi connectivity index (χ3n) is 3.68. The van der Waals surface area contributed by atoms with Gasteiger partial charge in [-0.15, -0.1) is 0 Å². The molecule has 0 amide bonds. The normalized spacial score (nSPS) is 13.0. The number of aromatic nitrogens is 2. The average Bonchev–Trinajstić information content (AvgIpc) is 2.64. The SMILES string of the molecule is Cc1nc2ccccn2c1CNCC(C)(C)S(C)(=O)=O. The summed E-state index contributed by atoms with van der Waals surface area (Å²) in [4.78, 5) is 4.48. The second-order valence-corrected chi connectivity index (χ2v) is 8.36. The molecule has 0 aromatic carbocycles. The minimum absolute atomic E-state index is 0.408.